The molecule has 1 aliphatic rings. The molecule has 0 aliphatic carbocycles. The Labute approximate surface area is 310 Å². The molecule has 0 unspecified atom stereocenters. The van der Waals surface area contributed by atoms with Crippen LogP contribution in [0.25, 0.3) is 0 Å². The number of benzene rings is 1. The van der Waals surface area contributed by atoms with Gasteiger partial charge in [0.05, 0.1) is 12.0 Å². The van der Waals surface area contributed by atoms with Crippen LogP contribution in [0.15, 0.2) is 35.7 Å². The van der Waals surface area contributed by atoms with E-state index in [4.69, 9.17) is 16.3 Å². The van der Waals surface area contributed by atoms with Gasteiger partial charge in [0.15, 0.2) is 6.10 Å². The Hall–Kier alpha value is -3.55. The van der Waals surface area contributed by atoms with Gasteiger partial charge in [-0.25, -0.2) is 4.98 Å². The van der Waals surface area contributed by atoms with E-state index >= 15 is 0 Å². The van der Waals surface area contributed by atoms with Crippen molar-refractivity contribution in [2.45, 2.75) is 110 Å². The predicted molar refractivity (Wildman–Crippen MR) is 198 cm³/mol. The summed E-state index contributed by atoms with van der Waals surface area (Å²) in [5.74, 6) is -3.91. The lowest BCUT2D eigenvalue weighted by Crippen LogP contribution is -2.57. The number of carbonyl (C=O) groups excluding carboxylic acids is 4. The maximum atomic E-state index is 13.8. The number of aliphatic carboxylic acids is 1. The number of carboxylic acid groups (broad SMARTS) is 1. The second-order valence-electron chi connectivity index (χ2n) is 14.0. The van der Waals surface area contributed by atoms with Crippen LogP contribution in [0.1, 0.15) is 100 Å². The number of amides is 3. The summed E-state index contributed by atoms with van der Waals surface area (Å²) in [5.41, 5.74) is 1.05. The number of likely N-dealkylation sites (N-methyl/N-ethyl adjacent to an activating group) is 1. The lowest BCUT2D eigenvalue weighted by atomic mass is 9.94. The number of hydrogen-bond acceptors (Lipinski definition) is 9. The van der Waals surface area contributed by atoms with Crippen LogP contribution in [0.4, 0.5) is 0 Å². The first-order chi connectivity index (χ1) is 24.2. The SMILES string of the molecule is CC[C@H](C)[C@H](NC(=O)[C@H]1CCCCN1C)C(=O)N[C@H](C[C@@H](OC(=O)CCl)c1nc(C(=O)N[C@@H](Cc2ccccc2)C[C@H](C)C(=O)O)cs1)C(C)C. The minimum absolute atomic E-state index is 0.0957. The van der Waals surface area contributed by atoms with Crippen LogP contribution in [0.2, 0.25) is 0 Å². The number of nitrogens with zero attached hydrogens (tertiary/aromatic N) is 2. The highest BCUT2D eigenvalue weighted by molar-refractivity contribution is 7.09. The average Bonchev–Trinajstić information content (AvgIpc) is 3.60. The number of carbonyl (C=O) groups is 5. The zero-order chi connectivity index (χ0) is 37.7. The maximum Gasteiger partial charge on any atom is 0.321 e. The van der Waals surface area contributed by atoms with Gasteiger partial charge in [0.1, 0.15) is 22.6 Å². The van der Waals surface area contributed by atoms with E-state index in [1.807, 2.05) is 70.0 Å². The molecule has 282 valence electrons. The molecular formula is C37H54ClN5O7S. The van der Waals surface area contributed by atoms with Crippen molar-refractivity contribution in [3.05, 3.63) is 52.0 Å². The normalized spacial score (nSPS) is 18.5. The predicted octanol–water partition coefficient (Wildman–Crippen LogP) is 4.96. The first-order valence-corrected chi connectivity index (χ1v) is 19.2. The molecule has 1 aromatic carbocycles. The molecule has 3 amide bonds. The van der Waals surface area contributed by atoms with Crippen LogP contribution in [0, 0.1) is 17.8 Å². The summed E-state index contributed by atoms with van der Waals surface area (Å²) in [6, 6.07) is 7.48. The number of carboxylic acids is 1. The van der Waals surface area contributed by atoms with Crippen molar-refractivity contribution in [3.63, 3.8) is 0 Å². The van der Waals surface area contributed by atoms with E-state index in [-0.39, 0.29) is 48.2 Å². The van der Waals surface area contributed by atoms with Crippen molar-refractivity contribution < 1.29 is 33.8 Å². The molecular weight excluding hydrogens is 694 g/mol. The fourth-order valence-electron chi connectivity index (χ4n) is 6.17. The number of alkyl halides is 1. The lowest BCUT2D eigenvalue weighted by Gasteiger charge is -2.34. The molecule has 51 heavy (non-hydrogen) atoms. The number of thiazole rings is 1. The molecule has 2 heterocycles. The van der Waals surface area contributed by atoms with Crippen LogP contribution in [-0.2, 0) is 30.3 Å². The Balaban J connectivity index is 1.79. The van der Waals surface area contributed by atoms with Gasteiger partial charge in [-0.15, -0.1) is 22.9 Å². The van der Waals surface area contributed by atoms with Crippen molar-refractivity contribution in [1.82, 2.24) is 25.8 Å². The number of rotatable bonds is 19. The van der Waals surface area contributed by atoms with Crippen LogP contribution in [-0.4, -0.2) is 88.3 Å². The number of likely N-dealkylation sites (tertiary alicyclic amines) is 1. The van der Waals surface area contributed by atoms with Gasteiger partial charge in [-0.05, 0) is 56.7 Å². The monoisotopic (exact) mass is 747 g/mol. The Morgan fingerprint density at radius 1 is 1.04 bits per heavy atom. The number of hydrogen-bond donors (Lipinski definition) is 4. The molecule has 12 nitrogen and oxygen atoms in total. The summed E-state index contributed by atoms with van der Waals surface area (Å²) in [6.45, 7) is 10.2. The van der Waals surface area contributed by atoms with E-state index in [1.165, 1.54) is 0 Å². The fourth-order valence-corrected chi connectivity index (χ4v) is 7.07. The molecule has 1 saturated heterocycles. The molecule has 1 fully saturated rings. The standard InChI is InChI=1S/C37H54ClN5O7S/c1-7-23(4)32(42-34(46)29-15-11-12-16-43(29)6)35(47)40-27(22(2)3)19-30(50-31(44)20-38)36-41-28(21-51-36)33(45)39-26(17-24(5)37(48)49)18-25-13-9-8-10-14-25/h8-10,13-14,21-24,26-27,29-30,32H,7,11-12,15-20H2,1-6H3,(H,39,45)(H,40,47)(H,42,46)(H,48,49)/t23-,24-,26+,27+,29+,30+,32-/m0/s1. The molecule has 1 aliphatic heterocycles. The Morgan fingerprint density at radius 2 is 1.75 bits per heavy atom. The van der Waals surface area contributed by atoms with Gasteiger partial charge in [-0.1, -0.05) is 77.8 Å². The molecule has 3 rings (SSSR count). The largest absolute Gasteiger partial charge is 0.481 e. The summed E-state index contributed by atoms with van der Waals surface area (Å²) in [4.78, 5) is 71.2. The van der Waals surface area contributed by atoms with E-state index in [2.05, 4.69) is 20.9 Å². The van der Waals surface area contributed by atoms with Crippen molar-refractivity contribution in [1.29, 1.82) is 0 Å². The summed E-state index contributed by atoms with van der Waals surface area (Å²) in [5, 5.41) is 20.5. The molecule has 0 bridgehead atoms. The van der Waals surface area contributed by atoms with Gasteiger partial charge in [0.2, 0.25) is 11.8 Å². The van der Waals surface area contributed by atoms with Gasteiger partial charge >= 0.3 is 11.9 Å². The summed E-state index contributed by atoms with van der Waals surface area (Å²) < 4.78 is 5.72. The average molecular weight is 748 g/mol. The number of esters is 1. The summed E-state index contributed by atoms with van der Waals surface area (Å²) in [7, 11) is 1.93. The van der Waals surface area contributed by atoms with Crippen LogP contribution in [0.3, 0.4) is 0 Å². The highest BCUT2D eigenvalue weighted by Crippen LogP contribution is 2.29. The van der Waals surface area contributed by atoms with Gasteiger partial charge in [0, 0.05) is 23.9 Å². The van der Waals surface area contributed by atoms with E-state index in [0.29, 0.717) is 17.8 Å². The van der Waals surface area contributed by atoms with Gasteiger partial charge < -0.3 is 25.8 Å². The van der Waals surface area contributed by atoms with Gasteiger partial charge in [-0.2, -0.15) is 0 Å². The third-order valence-corrected chi connectivity index (χ3v) is 10.8. The third kappa shape index (κ3) is 12.9. The number of nitrogens with one attached hydrogen (secondary N) is 3. The quantitative estimate of drug-likeness (QED) is 0.115. The topological polar surface area (TPSA) is 167 Å². The smallest absolute Gasteiger partial charge is 0.321 e. The first kappa shape index (κ1) is 41.9. The van der Waals surface area contributed by atoms with E-state index < -0.39 is 53.9 Å². The Kier molecular flexibility index (Phi) is 16.8. The molecule has 0 spiro atoms. The maximum absolute atomic E-state index is 13.8. The zero-order valence-electron chi connectivity index (χ0n) is 30.5. The summed E-state index contributed by atoms with van der Waals surface area (Å²) >= 11 is 6.95. The van der Waals surface area contributed by atoms with Gasteiger partial charge in [-0.3, -0.25) is 28.9 Å². The first-order valence-electron chi connectivity index (χ1n) is 17.8. The lowest BCUT2D eigenvalue weighted by molar-refractivity contribution is -0.147. The highest BCUT2D eigenvalue weighted by atomic mass is 35.5. The van der Waals surface area contributed by atoms with E-state index in [0.717, 1.165) is 42.7 Å². The minimum Gasteiger partial charge on any atom is -0.481 e. The molecule has 7 atom stereocenters. The molecule has 0 radical (unpaired) electrons. The molecule has 14 heteroatoms. The second-order valence-corrected chi connectivity index (χ2v) is 15.1. The van der Waals surface area contributed by atoms with E-state index in [1.54, 1.807) is 12.3 Å². The van der Waals surface area contributed by atoms with Crippen LogP contribution in [0.5, 0.6) is 0 Å². The van der Waals surface area contributed by atoms with Crippen LogP contribution < -0.4 is 16.0 Å². The highest BCUT2D eigenvalue weighted by Gasteiger charge is 2.35. The zero-order valence-corrected chi connectivity index (χ0v) is 32.1. The number of ether oxygens (including phenoxy) is 1. The third-order valence-electron chi connectivity index (χ3n) is 9.60. The fraction of sp³-hybridized carbons (Fsp3) is 0.622. The van der Waals surface area contributed by atoms with Crippen molar-refractivity contribution >= 4 is 52.6 Å². The second kappa shape index (κ2) is 20.5. The van der Waals surface area contributed by atoms with Crippen LogP contribution >= 0.6 is 22.9 Å². The van der Waals surface area contributed by atoms with Crippen molar-refractivity contribution in [2.24, 2.45) is 17.8 Å². The van der Waals surface area contributed by atoms with Crippen molar-refractivity contribution in [3.8, 4) is 0 Å². The van der Waals surface area contributed by atoms with E-state index in [9.17, 15) is 29.1 Å². The number of halogens is 1. The van der Waals surface area contributed by atoms with Crippen molar-refractivity contribution in [2.75, 3.05) is 19.5 Å². The Bertz CT molecular complexity index is 1460. The molecule has 0 saturated carbocycles. The number of piperidine rings is 1. The molecule has 1 aromatic heterocycles. The molecule has 4 N–H and O–H groups in total. The Morgan fingerprint density at radius 3 is 2.35 bits per heavy atom. The summed E-state index contributed by atoms with van der Waals surface area (Å²) in [6.07, 6.45) is 3.28. The number of aromatic nitrogens is 1. The molecule has 2 aromatic rings. The van der Waals surface area contributed by atoms with Gasteiger partial charge in [0.25, 0.3) is 5.91 Å². The minimum atomic E-state index is -0.955.